The minimum atomic E-state index is -0.0798. The van der Waals surface area contributed by atoms with Gasteiger partial charge >= 0.3 is 0 Å². The zero-order chi connectivity index (χ0) is 8.39. The van der Waals surface area contributed by atoms with E-state index in [-0.39, 0.29) is 6.61 Å². The number of hydrogen-bond acceptors (Lipinski definition) is 1. The lowest BCUT2D eigenvalue weighted by molar-refractivity contribution is 0.197. The van der Waals surface area contributed by atoms with E-state index >= 15 is 0 Å². The highest BCUT2D eigenvalue weighted by Gasteiger charge is 2.03. The van der Waals surface area contributed by atoms with Gasteiger partial charge in [-0.2, -0.15) is 0 Å². The van der Waals surface area contributed by atoms with Gasteiger partial charge in [-0.25, -0.2) is 5.11 Å². The first-order valence-corrected chi connectivity index (χ1v) is 3.95. The second kappa shape index (κ2) is 2.99. The van der Waals surface area contributed by atoms with Gasteiger partial charge in [0.05, 0.1) is 12.9 Å². The molecule has 0 saturated heterocycles. The molecule has 0 amide bonds. The molecule has 12 heavy (non-hydrogen) atoms. The third-order valence-corrected chi connectivity index (χ3v) is 1.93. The van der Waals surface area contributed by atoms with E-state index in [9.17, 15) is 5.11 Å². The van der Waals surface area contributed by atoms with Crippen molar-refractivity contribution < 1.29 is 9.52 Å². The summed E-state index contributed by atoms with van der Waals surface area (Å²) in [5, 5.41) is 11.5. The van der Waals surface area contributed by atoms with Gasteiger partial charge in [0, 0.05) is 17.4 Å². The molecule has 0 unspecified atom stereocenters. The number of fused-ring (bicyclic) bond motifs is 1. The Balaban J connectivity index is 2.55. The Morgan fingerprint density at radius 2 is 2.08 bits per heavy atom. The molecule has 0 spiro atoms. The van der Waals surface area contributed by atoms with E-state index < -0.39 is 0 Å². The maximum Gasteiger partial charge on any atom is 0.134 e. The van der Waals surface area contributed by atoms with Crippen LogP contribution in [0.5, 0.6) is 0 Å². The molecule has 0 N–H and O–H groups in total. The van der Waals surface area contributed by atoms with Crippen LogP contribution in [-0.4, -0.2) is 6.61 Å². The zero-order valence-corrected chi connectivity index (χ0v) is 6.62. The zero-order valence-electron chi connectivity index (χ0n) is 6.62. The lowest BCUT2D eigenvalue weighted by Gasteiger charge is -1.90. The van der Waals surface area contributed by atoms with Crippen LogP contribution in [0.1, 0.15) is 5.56 Å². The summed E-state index contributed by atoms with van der Waals surface area (Å²) in [5.41, 5.74) is 1.88. The van der Waals surface area contributed by atoms with Crippen molar-refractivity contribution in [3.63, 3.8) is 0 Å². The summed E-state index contributed by atoms with van der Waals surface area (Å²) in [5.74, 6) is 0. The van der Waals surface area contributed by atoms with E-state index in [0.29, 0.717) is 6.42 Å². The van der Waals surface area contributed by atoms with Gasteiger partial charge in [0.25, 0.3) is 0 Å². The van der Waals surface area contributed by atoms with E-state index in [1.165, 1.54) is 0 Å². The van der Waals surface area contributed by atoms with Crippen molar-refractivity contribution >= 4 is 11.0 Å². The molecule has 0 aliphatic carbocycles. The molecule has 0 saturated carbocycles. The summed E-state index contributed by atoms with van der Waals surface area (Å²) in [7, 11) is 0. The Morgan fingerprint density at radius 1 is 1.25 bits per heavy atom. The van der Waals surface area contributed by atoms with Crippen molar-refractivity contribution in [2.45, 2.75) is 6.42 Å². The Morgan fingerprint density at radius 3 is 2.92 bits per heavy atom. The van der Waals surface area contributed by atoms with Crippen molar-refractivity contribution in [3.05, 3.63) is 36.1 Å². The molecule has 1 aromatic carbocycles. The second-order valence-electron chi connectivity index (χ2n) is 2.71. The Kier molecular flexibility index (Phi) is 1.84. The fraction of sp³-hybridized carbons (Fsp3) is 0.200. The largest absolute Gasteiger partial charge is 0.464 e. The van der Waals surface area contributed by atoms with E-state index in [4.69, 9.17) is 4.42 Å². The number of hydrogen-bond donors (Lipinski definition) is 0. The van der Waals surface area contributed by atoms with Crippen LogP contribution in [0.15, 0.2) is 34.9 Å². The third kappa shape index (κ3) is 1.10. The Bertz CT molecular complexity index is 376. The lowest BCUT2D eigenvalue weighted by atomic mass is 10.1. The van der Waals surface area contributed by atoms with Crippen LogP contribution in [0.2, 0.25) is 0 Å². The van der Waals surface area contributed by atoms with Crippen LogP contribution in [0.3, 0.4) is 0 Å². The Labute approximate surface area is 70.4 Å². The summed E-state index contributed by atoms with van der Waals surface area (Å²) >= 11 is 0. The van der Waals surface area contributed by atoms with Crippen molar-refractivity contribution in [3.8, 4) is 0 Å². The van der Waals surface area contributed by atoms with Gasteiger partial charge in [0.15, 0.2) is 0 Å². The average Bonchev–Trinajstić information content (AvgIpc) is 2.50. The van der Waals surface area contributed by atoms with Crippen LogP contribution in [0, 0.1) is 0 Å². The molecule has 2 nitrogen and oxygen atoms in total. The van der Waals surface area contributed by atoms with Crippen LogP contribution < -0.4 is 0 Å². The van der Waals surface area contributed by atoms with Crippen molar-refractivity contribution in [1.29, 1.82) is 0 Å². The molecule has 0 bridgehead atoms. The highest BCUT2D eigenvalue weighted by Crippen LogP contribution is 2.20. The SMILES string of the molecule is [O]CCc1coc2ccccc12. The van der Waals surface area contributed by atoms with Crippen LogP contribution >= 0.6 is 0 Å². The summed E-state index contributed by atoms with van der Waals surface area (Å²) in [6.45, 7) is -0.0798. The molecular formula is C10H9O2. The molecule has 0 atom stereocenters. The molecule has 0 aliphatic heterocycles. The molecule has 0 aliphatic rings. The molecule has 1 heterocycles. The highest BCUT2D eigenvalue weighted by atomic mass is 16.3. The summed E-state index contributed by atoms with van der Waals surface area (Å²) < 4.78 is 5.26. The summed E-state index contributed by atoms with van der Waals surface area (Å²) in [4.78, 5) is 0. The van der Waals surface area contributed by atoms with Gasteiger partial charge in [-0.1, -0.05) is 18.2 Å². The molecule has 0 fully saturated rings. The van der Waals surface area contributed by atoms with Gasteiger partial charge in [-0.05, 0) is 6.07 Å². The molecule has 2 heteroatoms. The fourth-order valence-electron chi connectivity index (χ4n) is 1.34. The summed E-state index contributed by atoms with van der Waals surface area (Å²) in [6.07, 6.45) is 2.22. The monoisotopic (exact) mass is 161 g/mol. The van der Waals surface area contributed by atoms with E-state index in [2.05, 4.69) is 0 Å². The third-order valence-electron chi connectivity index (χ3n) is 1.93. The molecule has 61 valence electrons. The topological polar surface area (TPSA) is 33.0 Å². The van der Waals surface area contributed by atoms with E-state index in [1.54, 1.807) is 6.26 Å². The van der Waals surface area contributed by atoms with Gasteiger partial charge < -0.3 is 4.42 Å². The minimum Gasteiger partial charge on any atom is -0.464 e. The van der Waals surface area contributed by atoms with Gasteiger partial charge in [0.2, 0.25) is 0 Å². The molecule has 2 rings (SSSR count). The van der Waals surface area contributed by atoms with Crippen LogP contribution in [0.4, 0.5) is 0 Å². The second-order valence-corrected chi connectivity index (χ2v) is 2.71. The normalized spacial score (nSPS) is 10.8. The van der Waals surface area contributed by atoms with Gasteiger partial charge in [0.1, 0.15) is 5.58 Å². The quantitative estimate of drug-likeness (QED) is 0.665. The first kappa shape index (κ1) is 7.37. The van der Waals surface area contributed by atoms with Gasteiger partial charge in [-0.3, -0.25) is 0 Å². The number of para-hydroxylation sites is 1. The molecule has 1 radical (unpaired) electrons. The van der Waals surface area contributed by atoms with Gasteiger partial charge in [-0.15, -0.1) is 0 Å². The average molecular weight is 161 g/mol. The minimum absolute atomic E-state index is 0.0798. The first-order valence-electron chi connectivity index (χ1n) is 3.95. The smallest absolute Gasteiger partial charge is 0.134 e. The molecular weight excluding hydrogens is 152 g/mol. The molecule has 1 aromatic heterocycles. The first-order chi connectivity index (χ1) is 5.92. The van der Waals surface area contributed by atoms with Crippen molar-refractivity contribution in [2.24, 2.45) is 0 Å². The van der Waals surface area contributed by atoms with E-state index in [0.717, 1.165) is 16.5 Å². The van der Waals surface area contributed by atoms with E-state index in [1.807, 2.05) is 24.3 Å². The number of benzene rings is 1. The number of furan rings is 1. The maximum absolute atomic E-state index is 10.4. The van der Waals surface area contributed by atoms with Crippen molar-refractivity contribution in [1.82, 2.24) is 0 Å². The molecule has 2 aromatic rings. The predicted octanol–water partition coefficient (Wildman–Crippen LogP) is 2.41. The van der Waals surface area contributed by atoms with Crippen molar-refractivity contribution in [2.75, 3.05) is 6.61 Å². The Hall–Kier alpha value is -1.28. The lowest BCUT2D eigenvalue weighted by Crippen LogP contribution is -1.85. The maximum atomic E-state index is 10.4. The van der Waals surface area contributed by atoms with Crippen LogP contribution in [-0.2, 0) is 11.5 Å². The standard InChI is InChI=1S/C10H9O2/c11-6-5-8-7-12-10-4-2-1-3-9(8)10/h1-4,7H,5-6H2. The van der Waals surface area contributed by atoms with Crippen LogP contribution in [0.25, 0.3) is 11.0 Å². The fourth-order valence-corrected chi connectivity index (χ4v) is 1.34. The summed E-state index contributed by atoms with van der Waals surface area (Å²) in [6, 6.07) is 7.76. The number of rotatable bonds is 2. The predicted molar refractivity (Wildman–Crippen MR) is 45.5 cm³/mol. The highest BCUT2D eigenvalue weighted by molar-refractivity contribution is 5.80.